The molecule has 8 heteroatoms. The first-order chi connectivity index (χ1) is 13.4. The third-order valence-corrected chi connectivity index (χ3v) is 4.11. The van der Waals surface area contributed by atoms with Gasteiger partial charge in [-0.2, -0.15) is 5.10 Å². The number of amides is 1. The molecule has 0 fully saturated rings. The van der Waals surface area contributed by atoms with Crippen molar-refractivity contribution in [3.63, 3.8) is 0 Å². The van der Waals surface area contributed by atoms with E-state index in [9.17, 15) is 14.4 Å². The van der Waals surface area contributed by atoms with Crippen molar-refractivity contribution in [3.8, 4) is 5.75 Å². The Morgan fingerprint density at radius 1 is 1.14 bits per heavy atom. The van der Waals surface area contributed by atoms with Gasteiger partial charge in [-0.1, -0.05) is 24.3 Å². The van der Waals surface area contributed by atoms with Crippen molar-refractivity contribution in [2.75, 3.05) is 19.0 Å². The maximum Gasteiger partial charge on any atom is 0.359 e. The number of fused-ring (bicyclic) bond motifs is 1. The topological polar surface area (TPSA) is 99.5 Å². The molecule has 2 aromatic carbocycles. The van der Waals surface area contributed by atoms with E-state index in [0.717, 1.165) is 10.2 Å². The normalized spacial score (nSPS) is 10.5. The van der Waals surface area contributed by atoms with Gasteiger partial charge in [-0.05, 0) is 30.7 Å². The number of aryl methyl sites for hydroxylation is 2. The van der Waals surface area contributed by atoms with Crippen LogP contribution < -0.4 is 15.6 Å². The Morgan fingerprint density at radius 3 is 2.57 bits per heavy atom. The van der Waals surface area contributed by atoms with Crippen LogP contribution in [0.2, 0.25) is 0 Å². The van der Waals surface area contributed by atoms with Crippen LogP contribution in [0, 0.1) is 6.92 Å². The molecular formula is C20H19N3O5. The molecule has 8 nitrogen and oxygen atoms in total. The maximum absolute atomic E-state index is 12.5. The number of rotatable bonds is 5. The lowest BCUT2D eigenvalue weighted by atomic mass is 10.1. The van der Waals surface area contributed by atoms with Crippen LogP contribution in [0.4, 0.5) is 5.69 Å². The number of carbonyl (C=O) groups excluding carboxylic acids is 2. The Bertz CT molecular complexity index is 1120. The number of methoxy groups -OCH3 is 1. The Labute approximate surface area is 160 Å². The summed E-state index contributed by atoms with van der Waals surface area (Å²) in [6.07, 6.45) is 0. The van der Waals surface area contributed by atoms with Crippen LogP contribution in [-0.2, 0) is 16.6 Å². The lowest BCUT2D eigenvalue weighted by molar-refractivity contribution is -0.119. The summed E-state index contributed by atoms with van der Waals surface area (Å²) in [4.78, 5) is 36.8. The van der Waals surface area contributed by atoms with E-state index in [4.69, 9.17) is 9.47 Å². The minimum absolute atomic E-state index is 0.0290. The van der Waals surface area contributed by atoms with Gasteiger partial charge in [0.15, 0.2) is 12.3 Å². The molecule has 144 valence electrons. The standard InChI is InChI=1S/C20H19N3O5/c1-12-8-9-16(27-3)15(10-12)21-17(24)11-28-20(26)18-13-6-4-5-7-14(13)19(25)23(2)22-18/h4-10H,11H2,1-3H3,(H,21,24). The molecule has 0 aliphatic carbocycles. The summed E-state index contributed by atoms with van der Waals surface area (Å²) in [5.74, 6) is -0.819. The molecule has 0 unspecified atom stereocenters. The van der Waals surface area contributed by atoms with Gasteiger partial charge in [0.1, 0.15) is 5.75 Å². The van der Waals surface area contributed by atoms with Gasteiger partial charge < -0.3 is 14.8 Å². The molecule has 0 aliphatic rings. The van der Waals surface area contributed by atoms with Crippen LogP contribution >= 0.6 is 0 Å². The number of aromatic nitrogens is 2. The van der Waals surface area contributed by atoms with Crippen molar-refractivity contribution in [2.24, 2.45) is 7.05 Å². The van der Waals surface area contributed by atoms with Gasteiger partial charge in [0.25, 0.3) is 11.5 Å². The van der Waals surface area contributed by atoms with E-state index in [2.05, 4.69) is 10.4 Å². The second-order valence-corrected chi connectivity index (χ2v) is 6.15. The fourth-order valence-corrected chi connectivity index (χ4v) is 2.76. The molecule has 0 bridgehead atoms. The fraction of sp³-hybridized carbons (Fsp3) is 0.200. The number of hydrogen-bond donors (Lipinski definition) is 1. The highest BCUT2D eigenvalue weighted by Crippen LogP contribution is 2.25. The van der Waals surface area contributed by atoms with E-state index in [-0.39, 0.29) is 11.3 Å². The van der Waals surface area contributed by atoms with E-state index < -0.39 is 18.5 Å². The first-order valence-corrected chi connectivity index (χ1v) is 8.48. The van der Waals surface area contributed by atoms with Crippen LogP contribution in [-0.4, -0.2) is 35.4 Å². The lowest BCUT2D eigenvalue weighted by Gasteiger charge is -2.11. The minimum Gasteiger partial charge on any atom is -0.495 e. The zero-order valence-electron chi connectivity index (χ0n) is 15.7. The average Bonchev–Trinajstić information content (AvgIpc) is 2.69. The number of carbonyl (C=O) groups is 2. The monoisotopic (exact) mass is 381 g/mol. The predicted molar refractivity (Wildman–Crippen MR) is 104 cm³/mol. The van der Waals surface area contributed by atoms with Gasteiger partial charge in [-0.15, -0.1) is 0 Å². The van der Waals surface area contributed by atoms with Gasteiger partial charge in [0.2, 0.25) is 0 Å². The Morgan fingerprint density at radius 2 is 1.86 bits per heavy atom. The first-order valence-electron chi connectivity index (χ1n) is 8.48. The molecule has 28 heavy (non-hydrogen) atoms. The van der Waals surface area contributed by atoms with Crippen molar-refractivity contribution >= 4 is 28.3 Å². The summed E-state index contributed by atoms with van der Waals surface area (Å²) in [6, 6.07) is 11.9. The van der Waals surface area contributed by atoms with Gasteiger partial charge in [-0.25, -0.2) is 9.48 Å². The van der Waals surface area contributed by atoms with Crippen molar-refractivity contribution in [2.45, 2.75) is 6.92 Å². The second-order valence-electron chi connectivity index (χ2n) is 6.15. The molecule has 1 heterocycles. The number of hydrogen-bond acceptors (Lipinski definition) is 6. The minimum atomic E-state index is -0.793. The lowest BCUT2D eigenvalue weighted by Crippen LogP contribution is -2.26. The summed E-state index contributed by atoms with van der Waals surface area (Å²) in [7, 11) is 2.94. The van der Waals surface area contributed by atoms with E-state index >= 15 is 0 Å². The molecule has 0 spiro atoms. The van der Waals surface area contributed by atoms with E-state index in [1.165, 1.54) is 14.2 Å². The highest BCUT2D eigenvalue weighted by atomic mass is 16.5. The van der Waals surface area contributed by atoms with Crippen molar-refractivity contribution in [1.82, 2.24) is 9.78 Å². The van der Waals surface area contributed by atoms with Gasteiger partial charge in [0.05, 0.1) is 18.2 Å². The Balaban J connectivity index is 1.75. The molecule has 3 rings (SSSR count). The summed E-state index contributed by atoms with van der Waals surface area (Å²) in [5, 5.41) is 7.35. The SMILES string of the molecule is COc1ccc(C)cc1NC(=O)COC(=O)c1nn(C)c(=O)c2ccccc12. The number of anilines is 1. The molecule has 1 N–H and O–H groups in total. The van der Waals surface area contributed by atoms with Crippen LogP contribution in [0.15, 0.2) is 47.3 Å². The molecule has 0 radical (unpaired) electrons. The van der Waals surface area contributed by atoms with Crippen LogP contribution in [0.5, 0.6) is 5.75 Å². The van der Waals surface area contributed by atoms with Crippen LogP contribution in [0.1, 0.15) is 16.1 Å². The van der Waals surface area contributed by atoms with Crippen molar-refractivity contribution in [3.05, 3.63) is 64.1 Å². The number of nitrogens with zero attached hydrogens (tertiary/aromatic N) is 2. The average molecular weight is 381 g/mol. The smallest absolute Gasteiger partial charge is 0.359 e. The third-order valence-electron chi connectivity index (χ3n) is 4.11. The molecule has 1 aromatic heterocycles. The Kier molecular flexibility index (Phi) is 5.39. The first kappa shape index (κ1) is 19.1. The third kappa shape index (κ3) is 3.85. The highest BCUT2D eigenvalue weighted by molar-refractivity contribution is 6.03. The summed E-state index contributed by atoms with van der Waals surface area (Å²) >= 11 is 0. The number of ether oxygens (including phenoxy) is 2. The molecular weight excluding hydrogens is 362 g/mol. The van der Waals surface area contributed by atoms with Crippen LogP contribution in [0.3, 0.4) is 0 Å². The Hall–Kier alpha value is -3.68. The van der Waals surface area contributed by atoms with Gasteiger partial charge >= 0.3 is 5.97 Å². The van der Waals surface area contributed by atoms with Crippen molar-refractivity contribution in [1.29, 1.82) is 0 Å². The summed E-state index contributed by atoms with van der Waals surface area (Å²) in [6.45, 7) is 1.38. The number of esters is 1. The predicted octanol–water partition coefficient (Wildman–Crippen LogP) is 2.05. The van der Waals surface area contributed by atoms with E-state index in [1.807, 2.05) is 13.0 Å². The summed E-state index contributed by atoms with van der Waals surface area (Å²) in [5.41, 5.74) is 1.07. The second kappa shape index (κ2) is 7.91. The van der Waals surface area contributed by atoms with Crippen molar-refractivity contribution < 1.29 is 19.1 Å². The number of benzene rings is 2. The molecule has 0 saturated carbocycles. The van der Waals surface area contributed by atoms with Gasteiger partial charge in [-0.3, -0.25) is 9.59 Å². The van der Waals surface area contributed by atoms with E-state index in [0.29, 0.717) is 22.2 Å². The largest absolute Gasteiger partial charge is 0.495 e. The molecule has 0 atom stereocenters. The fourth-order valence-electron chi connectivity index (χ4n) is 2.76. The highest BCUT2D eigenvalue weighted by Gasteiger charge is 2.18. The number of nitrogens with one attached hydrogen (secondary N) is 1. The molecule has 1 amide bonds. The molecule has 0 aliphatic heterocycles. The zero-order chi connectivity index (χ0) is 20.3. The van der Waals surface area contributed by atoms with E-state index in [1.54, 1.807) is 36.4 Å². The molecule has 0 saturated heterocycles. The molecule has 3 aromatic rings. The quantitative estimate of drug-likeness (QED) is 0.679. The zero-order valence-corrected chi connectivity index (χ0v) is 15.7. The van der Waals surface area contributed by atoms with Crippen LogP contribution in [0.25, 0.3) is 10.8 Å². The summed E-state index contributed by atoms with van der Waals surface area (Å²) < 4.78 is 11.4. The maximum atomic E-state index is 12.5. The van der Waals surface area contributed by atoms with Gasteiger partial charge in [0, 0.05) is 12.4 Å².